The minimum atomic E-state index is -0.984. The van der Waals surface area contributed by atoms with Crippen LogP contribution in [0.3, 0.4) is 0 Å². The highest BCUT2D eigenvalue weighted by molar-refractivity contribution is 5.83. The molecule has 1 amide bonds. The van der Waals surface area contributed by atoms with Gasteiger partial charge in [0.15, 0.2) is 0 Å². The zero-order valence-electron chi connectivity index (χ0n) is 9.54. The van der Waals surface area contributed by atoms with Crippen molar-refractivity contribution in [1.29, 1.82) is 0 Å². The topological polar surface area (TPSA) is 78.4 Å². The van der Waals surface area contributed by atoms with E-state index >= 15 is 0 Å². The van der Waals surface area contributed by atoms with Crippen LogP contribution in [0.1, 0.15) is 33.6 Å². The molecule has 0 aliphatic rings. The number of carboxylic acids is 1. The van der Waals surface area contributed by atoms with E-state index in [9.17, 15) is 9.59 Å². The summed E-state index contributed by atoms with van der Waals surface area (Å²) < 4.78 is 0. The highest BCUT2D eigenvalue weighted by atomic mass is 16.4. The first-order valence-corrected chi connectivity index (χ1v) is 5.23. The average molecular weight is 216 g/mol. The molecule has 0 aromatic rings. The lowest BCUT2D eigenvalue weighted by Gasteiger charge is -2.13. The Morgan fingerprint density at radius 1 is 1.33 bits per heavy atom. The Bertz CT molecular complexity index is 217. The molecule has 0 saturated carbocycles. The summed E-state index contributed by atoms with van der Waals surface area (Å²) in [6.07, 6.45) is 0.709. The summed E-state index contributed by atoms with van der Waals surface area (Å²) in [4.78, 5) is 21.9. The standard InChI is InChI=1S/C10H20N2O3/c1-4-8(10(14)15)12-9(13)5-6-11-7(2)3/h7-8,11H,4-6H2,1-3H3,(H,12,13)(H,14,15)/t8-/m1/s1. The van der Waals surface area contributed by atoms with E-state index < -0.39 is 12.0 Å². The first-order chi connectivity index (χ1) is 6.97. The average Bonchev–Trinajstić information content (AvgIpc) is 2.13. The molecule has 0 radical (unpaired) electrons. The van der Waals surface area contributed by atoms with E-state index in [4.69, 9.17) is 5.11 Å². The lowest BCUT2D eigenvalue weighted by atomic mass is 10.2. The number of carbonyl (C=O) groups excluding carboxylic acids is 1. The number of aliphatic carboxylic acids is 1. The predicted molar refractivity (Wildman–Crippen MR) is 57.6 cm³/mol. The minimum absolute atomic E-state index is 0.225. The van der Waals surface area contributed by atoms with Crippen LogP contribution in [0, 0.1) is 0 Å². The monoisotopic (exact) mass is 216 g/mol. The fraction of sp³-hybridized carbons (Fsp3) is 0.800. The Labute approximate surface area is 90.2 Å². The molecule has 0 unspecified atom stereocenters. The number of amides is 1. The third-order valence-electron chi connectivity index (χ3n) is 1.95. The number of hydrogen-bond donors (Lipinski definition) is 3. The van der Waals surface area contributed by atoms with Crippen molar-refractivity contribution < 1.29 is 14.7 Å². The van der Waals surface area contributed by atoms with E-state index in [1.54, 1.807) is 6.92 Å². The van der Waals surface area contributed by atoms with Gasteiger partial charge in [0.05, 0.1) is 0 Å². The second kappa shape index (κ2) is 7.23. The Kier molecular flexibility index (Phi) is 6.70. The van der Waals surface area contributed by atoms with Crippen molar-refractivity contribution in [3.05, 3.63) is 0 Å². The van der Waals surface area contributed by atoms with Crippen LogP contribution >= 0.6 is 0 Å². The maximum absolute atomic E-state index is 11.3. The summed E-state index contributed by atoms with van der Waals surface area (Å²) in [5.41, 5.74) is 0. The largest absolute Gasteiger partial charge is 0.480 e. The quantitative estimate of drug-likeness (QED) is 0.574. The first-order valence-electron chi connectivity index (χ1n) is 5.23. The minimum Gasteiger partial charge on any atom is -0.480 e. The molecule has 15 heavy (non-hydrogen) atoms. The number of hydrogen-bond acceptors (Lipinski definition) is 3. The van der Waals surface area contributed by atoms with Crippen molar-refractivity contribution in [2.24, 2.45) is 0 Å². The number of nitrogens with one attached hydrogen (secondary N) is 2. The van der Waals surface area contributed by atoms with Crippen molar-refractivity contribution in [1.82, 2.24) is 10.6 Å². The van der Waals surface area contributed by atoms with E-state index in [0.29, 0.717) is 25.4 Å². The van der Waals surface area contributed by atoms with Crippen molar-refractivity contribution in [2.45, 2.75) is 45.7 Å². The van der Waals surface area contributed by atoms with Crippen molar-refractivity contribution in [3.8, 4) is 0 Å². The smallest absolute Gasteiger partial charge is 0.326 e. The number of carbonyl (C=O) groups is 2. The fourth-order valence-corrected chi connectivity index (χ4v) is 1.08. The summed E-state index contributed by atoms with van der Waals surface area (Å²) in [7, 11) is 0. The van der Waals surface area contributed by atoms with Crippen LogP contribution in [0.25, 0.3) is 0 Å². The Morgan fingerprint density at radius 3 is 2.33 bits per heavy atom. The van der Waals surface area contributed by atoms with Crippen molar-refractivity contribution in [3.63, 3.8) is 0 Å². The van der Waals surface area contributed by atoms with Gasteiger partial charge in [0.1, 0.15) is 6.04 Å². The molecule has 0 aromatic heterocycles. The predicted octanol–water partition coefficient (Wildman–Crippen LogP) is 0.354. The molecule has 0 rings (SSSR count). The molecule has 88 valence electrons. The summed E-state index contributed by atoms with van der Waals surface area (Å²) in [6, 6.07) is -0.434. The maximum atomic E-state index is 11.3. The summed E-state index contributed by atoms with van der Waals surface area (Å²) in [5, 5.41) is 14.3. The SMILES string of the molecule is CC[C@@H](NC(=O)CCNC(C)C)C(=O)O. The fourth-order valence-electron chi connectivity index (χ4n) is 1.08. The van der Waals surface area contributed by atoms with Gasteiger partial charge in [-0.25, -0.2) is 4.79 Å². The molecule has 5 heteroatoms. The van der Waals surface area contributed by atoms with Gasteiger partial charge in [-0.1, -0.05) is 20.8 Å². The summed E-state index contributed by atoms with van der Waals surface area (Å²) in [6.45, 7) is 6.28. The van der Waals surface area contributed by atoms with Crippen LogP contribution in [-0.4, -0.2) is 35.6 Å². The molecular formula is C10H20N2O3. The molecule has 5 nitrogen and oxygen atoms in total. The Morgan fingerprint density at radius 2 is 1.93 bits per heavy atom. The van der Waals surface area contributed by atoms with E-state index in [0.717, 1.165) is 0 Å². The van der Waals surface area contributed by atoms with Gasteiger partial charge in [0, 0.05) is 19.0 Å². The maximum Gasteiger partial charge on any atom is 0.326 e. The van der Waals surface area contributed by atoms with Crippen LogP contribution in [0.2, 0.25) is 0 Å². The van der Waals surface area contributed by atoms with Gasteiger partial charge < -0.3 is 15.7 Å². The molecule has 3 N–H and O–H groups in total. The van der Waals surface area contributed by atoms with E-state index in [-0.39, 0.29) is 5.91 Å². The zero-order chi connectivity index (χ0) is 11.8. The van der Waals surface area contributed by atoms with E-state index in [2.05, 4.69) is 10.6 Å². The lowest BCUT2D eigenvalue weighted by molar-refractivity contribution is -0.141. The Balaban J connectivity index is 3.77. The van der Waals surface area contributed by atoms with Gasteiger partial charge in [-0.15, -0.1) is 0 Å². The van der Waals surface area contributed by atoms with Crippen LogP contribution in [-0.2, 0) is 9.59 Å². The Hall–Kier alpha value is -1.10. The van der Waals surface area contributed by atoms with Crippen molar-refractivity contribution >= 4 is 11.9 Å². The summed E-state index contributed by atoms with van der Waals surface area (Å²) >= 11 is 0. The van der Waals surface area contributed by atoms with Gasteiger partial charge in [-0.05, 0) is 6.42 Å². The second-order valence-corrected chi connectivity index (χ2v) is 3.73. The third kappa shape index (κ3) is 6.90. The summed E-state index contributed by atoms with van der Waals surface area (Å²) in [5.74, 6) is -1.21. The molecule has 1 atom stereocenters. The molecule has 0 spiro atoms. The van der Waals surface area contributed by atoms with Crippen molar-refractivity contribution in [2.75, 3.05) is 6.54 Å². The molecule has 0 aliphatic carbocycles. The number of carboxylic acid groups (broad SMARTS) is 1. The molecular weight excluding hydrogens is 196 g/mol. The zero-order valence-corrected chi connectivity index (χ0v) is 9.54. The van der Waals surface area contributed by atoms with E-state index in [1.165, 1.54) is 0 Å². The van der Waals surface area contributed by atoms with Gasteiger partial charge in [-0.3, -0.25) is 4.79 Å². The van der Waals surface area contributed by atoms with Crippen LogP contribution < -0.4 is 10.6 Å². The third-order valence-corrected chi connectivity index (χ3v) is 1.95. The second-order valence-electron chi connectivity index (χ2n) is 3.73. The molecule has 0 heterocycles. The first kappa shape index (κ1) is 13.9. The molecule has 0 fully saturated rings. The highest BCUT2D eigenvalue weighted by Crippen LogP contribution is 1.92. The van der Waals surface area contributed by atoms with Crippen LogP contribution in [0.5, 0.6) is 0 Å². The van der Waals surface area contributed by atoms with Gasteiger partial charge in [-0.2, -0.15) is 0 Å². The molecule has 0 aliphatic heterocycles. The molecule has 0 bridgehead atoms. The van der Waals surface area contributed by atoms with Crippen LogP contribution in [0.4, 0.5) is 0 Å². The molecule has 0 saturated heterocycles. The number of rotatable bonds is 7. The normalized spacial score (nSPS) is 12.5. The van der Waals surface area contributed by atoms with Gasteiger partial charge >= 0.3 is 5.97 Å². The lowest BCUT2D eigenvalue weighted by Crippen LogP contribution is -2.41. The van der Waals surface area contributed by atoms with E-state index in [1.807, 2.05) is 13.8 Å². The van der Waals surface area contributed by atoms with Gasteiger partial charge in [0.2, 0.25) is 5.91 Å². The van der Waals surface area contributed by atoms with Gasteiger partial charge in [0.25, 0.3) is 0 Å². The highest BCUT2D eigenvalue weighted by Gasteiger charge is 2.16. The molecule has 0 aromatic carbocycles. The van der Waals surface area contributed by atoms with Crippen LogP contribution in [0.15, 0.2) is 0 Å².